The number of aromatic hydroxyl groups is 1. The molecule has 90 valence electrons. The highest BCUT2D eigenvalue weighted by Crippen LogP contribution is 2.26. The van der Waals surface area contributed by atoms with E-state index in [4.69, 9.17) is 5.11 Å². The van der Waals surface area contributed by atoms with Crippen LogP contribution in [0.15, 0.2) is 24.3 Å². The number of aliphatic hydroxyl groups is 1. The summed E-state index contributed by atoms with van der Waals surface area (Å²) >= 11 is 0. The Labute approximate surface area is 97.1 Å². The summed E-state index contributed by atoms with van der Waals surface area (Å²) in [5.41, 5.74) is 0.926. The molecular formula is C13H21NO2. The molecular weight excluding hydrogens is 202 g/mol. The first-order chi connectivity index (χ1) is 7.65. The van der Waals surface area contributed by atoms with Crippen LogP contribution in [0.3, 0.4) is 0 Å². The quantitative estimate of drug-likeness (QED) is 0.650. The predicted molar refractivity (Wildman–Crippen MR) is 66.7 cm³/mol. The standard InChI is InChI=1S/C13H21NO2/c1-3-13(4-2,10-15)9-14-11-5-7-12(16)8-6-11/h5-8,14-16H,3-4,9-10H2,1-2H3. The summed E-state index contributed by atoms with van der Waals surface area (Å²) in [5, 5.41) is 21.9. The summed E-state index contributed by atoms with van der Waals surface area (Å²) in [5.74, 6) is 0.268. The minimum atomic E-state index is -0.0438. The number of anilines is 1. The molecule has 3 heteroatoms. The monoisotopic (exact) mass is 223 g/mol. The minimum Gasteiger partial charge on any atom is -0.508 e. The van der Waals surface area contributed by atoms with Crippen LogP contribution in [0.1, 0.15) is 26.7 Å². The van der Waals surface area contributed by atoms with E-state index in [1.54, 1.807) is 12.1 Å². The molecule has 1 aromatic rings. The molecule has 0 saturated heterocycles. The second-order valence-corrected chi connectivity index (χ2v) is 4.27. The number of phenols is 1. The smallest absolute Gasteiger partial charge is 0.115 e. The van der Waals surface area contributed by atoms with Crippen molar-refractivity contribution in [2.75, 3.05) is 18.5 Å². The molecule has 0 unspecified atom stereocenters. The molecule has 0 aliphatic heterocycles. The Bertz CT molecular complexity index is 296. The molecule has 3 nitrogen and oxygen atoms in total. The van der Waals surface area contributed by atoms with E-state index in [1.807, 2.05) is 12.1 Å². The van der Waals surface area contributed by atoms with Crippen molar-refractivity contribution < 1.29 is 10.2 Å². The van der Waals surface area contributed by atoms with Gasteiger partial charge in [-0.3, -0.25) is 0 Å². The largest absolute Gasteiger partial charge is 0.508 e. The fourth-order valence-corrected chi connectivity index (χ4v) is 1.65. The van der Waals surface area contributed by atoms with Crippen LogP contribution in [-0.2, 0) is 0 Å². The molecule has 0 saturated carbocycles. The molecule has 1 aromatic carbocycles. The zero-order valence-electron chi connectivity index (χ0n) is 10.0. The first kappa shape index (κ1) is 12.8. The van der Waals surface area contributed by atoms with Gasteiger partial charge >= 0.3 is 0 Å². The minimum absolute atomic E-state index is 0.0438. The molecule has 16 heavy (non-hydrogen) atoms. The number of aliphatic hydroxyl groups excluding tert-OH is 1. The highest BCUT2D eigenvalue weighted by Gasteiger charge is 2.24. The van der Waals surface area contributed by atoms with Gasteiger partial charge in [0.05, 0.1) is 6.61 Å². The van der Waals surface area contributed by atoms with Gasteiger partial charge in [0.1, 0.15) is 5.75 Å². The summed E-state index contributed by atoms with van der Waals surface area (Å²) in [4.78, 5) is 0. The fourth-order valence-electron chi connectivity index (χ4n) is 1.65. The topological polar surface area (TPSA) is 52.5 Å². The van der Waals surface area contributed by atoms with Gasteiger partial charge in [-0.1, -0.05) is 13.8 Å². The second-order valence-electron chi connectivity index (χ2n) is 4.27. The first-order valence-corrected chi connectivity index (χ1v) is 5.79. The van der Waals surface area contributed by atoms with Crippen molar-refractivity contribution in [1.82, 2.24) is 0 Å². The van der Waals surface area contributed by atoms with Gasteiger partial charge in [-0.2, -0.15) is 0 Å². The molecule has 0 spiro atoms. The van der Waals surface area contributed by atoms with Crippen LogP contribution in [0.4, 0.5) is 5.69 Å². The van der Waals surface area contributed by atoms with E-state index in [0.717, 1.165) is 25.1 Å². The number of hydrogen-bond donors (Lipinski definition) is 3. The van der Waals surface area contributed by atoms with Crippen LogP contribution < -0.4 is 5.32 Å². The lowest BCUT2D eigenvalue weighted by Gasteiger charge is -2.30. The van der Waals surface area contributed by atoms with E-state index in [9.17, 15) is 5.11 Å². The lowest BCUT2D eigenvalue weighted by atomic mass is 9.83. The number of nitrogens with one attached hydrogen (secondary N) is 1. The molecule has 1 rings (SSSR count). The van der Waals surface area contributed by atoms with E-state index < -0.39 is 0 Å². The summed E-state index contributed by atoms with van der Waals surface area (Å²) in [6.45, 7) is 5.14. The maximum atomic E-state index is 9.42. The van der Waals surface area contributed by atoms with Crippen molar-refractivity contribution in [2.45, 2.75) is 26.7 Å². The van der Waals surface area contributed by atoms with E-state index >= 15 is 0 Å². The third kappa shape index (κ3) is 3.14. The van der Waals surface area contributed by atoms with Gasteiger partial charge in [0.15, 0.2) is 0 Å². The summed E-state index contributed by atoms with van der Waals surface area (Å²) < 4.78 is 0. The number of phenolic OH excluding ortho intramolecular Hbond substituents is 1. The Hall–Kier alpha value is -1.22. The number of rotatable bonds is 6. The zero-order chi connectivity index (χ0) is 12.0. The van der Waals surface area contributed by atoms with Crippen molar-refractivity contribution >= 4 is 5.69 Å². The molecule has 0 radical (unpaired) electrons. The van der Waals surface area contributed by atoms with Crippen LogP contribution >= 0.6 is 0 Å². The van der Waals surface area contributed by atoms with Gasteiger partial charge in [-0.05, 0) is 37.1 Å². The van der Waals surface area contributed by atoms with Crippen molar-refractivity contribution in [3.63, 3.8) is 0 Å². The van der Waals surface area contributed by atoms with E-state index in [-0.39, 0.29) is 17.8 Å². The van der Waals surface area contributed by atoms with Crippen LogP contribution in [0, 0.1) is 5.41 Å². The zero-order valence-corrected chi connectivity index (χ0v) is 10.0. The maximum Gasteiger partial charge on any atom is 0.115 e. The Kier molecular flexibility index (Phi) is 4.62. The molecule has 0 atom stereocenters. The molecule has 0 bridgehead atoms. The van der Waals surface area contributed by atoms with Crippen molar-refractivity contribution in [2.24, 2.45) is 5.41 Å². The highest BCUT2D eigenvalue weighted by atomic mass is 16.3. The SMILES string of the molecule is CCC(CC)(CO)CNc1ccc(O)cc1. The maximum absolute atomic E-state index is 9.42. The number of hydrogen-bond acceptors (Lipinski definition) is 3. The molecule has 0 aliphatic carbocycles. The first-order valence-electron chi connectivity index (χ1n) is 5.79. The van der Waals surface area contributed by atoms with E-state index in [1.165, 1.54) is 0 Å². The van der Waals surface area contributed by atoms with Crippen molar-refractivity contribution in [1.29, 1.82) is 0 Å². The summed E-state index contributed by atoms with van der Waals surface area (Å²) in [7, 11) is 0. The third-order valence-electron chi connectivity index (χ3n) is 3.37. The summed E-state index contributed by atoms with van der Waals surface area (Å²) in [6, 6.07) is 6.98. The Morgan fingerprint density at radius 2 is 1.69 bits per heavy atom. The molecule has 3 N–H and O–H groups in total. The molecule has 0 aliphatic rings. The Balaban J connectivity index is 2.58. The average molecular weight is 223 g/mol. The van der Waals surface area contributed by atoms with Gasteiger partial charge in [0.2, 0.25) is 0 Å². The lowest BCUT2D eigenvalue weighted by Crippen LogP contribution is -2.32. The van der Waals surface area contributed by atoms with Gasteiger partial charge in [0, 0.05) is 17.6 Å². The van der Waals surface area contributed by atoms with Gasteiger partial charge in [-0.15, -0.1) is 0 Å². The second kappa shape index (κ2) is 5.75. The Morgan fingerprint density at radius 3 is 2.12 bits per heavy atom. The van der Waals surface area contributed by atoms with Crippen LogP contribution in [0.25, 0.3) is 0 Å². The van der Waals surface area contributed by atoms with E-state index in [0.29, 0.717) is 0 Å². The van der Waals surface area contributed by atoms with Crippen molar-refractivity contribution in [3.8, 4) is 5.75 Å². The van der Waals surface area contributed by atoms with Gasteiger partial charge < -0.3 is 15.5 Å². The number of benzene rings is 1. The average Bonchev–Trinajstić information content (AvgIpc) is 2.34. The van der Waals surface area contributed by atoms with Crippen molar-refractivity contribution in [3.05, 3.63) is 24.3 Å². The van der Waals surface area contributed by atoms with Gasteiger partial charge in [-0.25, -0.2) is 0 Å². The fraction of sp³-hybridized carbons (Fsp3) is 0.538. The highest BCUT2D eigenvalue weighted by molar-refractivity contribution is 5.46. The molecule has 0 aromatic heterocycles. The van der Waals surface area contributed by atoms with E-state index in [2.05, 4.69) is 19.2 Å². The summed E-state index contributed by atoms with van der Waals surface area (Å²) in [6.07, 6.45) is 1.90. The van der Waals surface area contributed by atoms with Crippen LogP contribution in [-0.4, -0.2) is 23.4 Å². The third-order valence-corrected chi connectivity index (χ3v) is 3.37. The normalized spacial score (nSPS) is 11.4. The molecule has 0 heterocycles. The van der Waals surface area contributed by atoms with Gasteiger partial charge in [0.25, 0.3) is 0 Å². The Morgan fingerprint density at radius 1 is 1.12 bits per heavy atom. The lowest BCUT2D eigenvalue weighted by molar-refractivity contribution is 0.127. The van der Waals surface area contributed by atoms with Crippen LogP contribution in [0.2, 0.25) is 0 Å². The van der Waals surface area contributed by atoms with Crippen LogP contribution in [0.5, 0.6) is 5.75 Å². The predicted octanol–water partition coefficient (Wildman–Crippen LogP) is 2.60. The molecule has 0 amide bonds. The molecule has 0 fully saturated rings.